The molecule has 4 heterocycles. The standard InChI is InChI=1S/C26H32N6O5/c33-14-13-28-24(34)20-19-21(37-26(36-19)10-5-2-6-11-26)25(35-20)32-16-31-18-22(29-15-30-23(18)32)27-12-9-17-7-3-1-4-8-17/h1,3-4,7-8,15-16,19-21,25,33H,2,5-6,9-14H2,(H,28,34)(H,27,29,30)/t19?,20-,21-,25+/m0/s1. The van der Waals surface area contributed by atoms with Gasteiger partial charge in [0.05, 0.1) is 12.9 Å². The normalized spacial score (nSPS) is 26.4. The highest BCUT2D eigenvalue weighted by Crippen LogP contribution is 2.49. The smallest absolute Gasteiger partial charge is 0.252 e. The minimum atomic E-state index is -0.870. The van der Waals surface area contributed by atoms with Crippen molar-refractivity contribution in [3.05, 3.63) is 48.5 Å². The molecule has 1 spiro atoms. The van der Waals surface area contributed by atoms with Crippen molar-refractivity contribution in [2.24, 2.45) is 0 Å². The molecule has 11 heteroatoms. The van der Waals surface area contributed by atoms with Gasteiger partial charge >= 0.3 is 0 Å². The molecule has 11 nitrogen and oxygen atoms in total. The van der Waals surface area contributed by atoms with E-state index in [9.17, 15) is 9.90 Å². The van der Waals surface area contributed by atoms with Gasteiger partial charge in [-0.2, -0.15) is 0 Å². The molecule has 3 aliphatic rings. The number of nitrogens with zero attached hydrogens (tertiary/aromatic N) is 4. The monoisotopic (exact) mass is 508 g/mol. The summed E-state index contributed by atoms with van der Waals surface area (Å²) in [7, 11) is 0. The van der Waals surface area contributed by atoms with Gasteiger partial charge in [0.1, 0.15) is 18.5 Å². The lowest BCUT2D eigenvalue weighted by Gasteiger charge is -2.34. The Balaban J connectivity index is 1.25. The van der Waals surface area contributed by atoms with Crippen LogP contribution in [0.1, 0.15) is 43.9 Å². The Morgan fingerprint density at radius 2 is 1.86 bits per heavy atom. The lowest BCUT2D eigenvalue weighted by atomic mass is 9.94. The third-order valence-electron chi connectivity index (χ3n) is 7.36. The maximum atomic E-state index is 12.9. The molecule has 2 aromatic heterocycles. The summed E-state index contributed by atoms with van der Waals surface area (Å²) in [6.07, 6.45) is 6.20. The van der Waals surface area contributed by atoms with Crippen molar-refractivity contribution in [1.29, 1.82) is 0 Å². The van der Waals surface area contributed by atoms with Gasteiger partial charge in [-0.05, 0) is 24.8 Å². The summed E-state index contributed by atoms with van der Waals surface area (Å²) in [5.74, 6) is -0.384. The molecule has 1 aromatic carbocycles. The summed E-state index contributed by atoms with van der Waals surface area (Å²) in [5, 5.41) is 15.3. The molecule has 1 amide bonds. The first-order chi connectivity index (χ1) is 18.2. The quantitative estimate of drug-likeness (QED) is 0.417. The lowest BCUT2D eigenvalue weighted by Crippen LogP contribution is -2.44. The number of nitrogens with one attached hydrogen (secondary N) is 2. The van der Waals surface area contributed by atoms with Gasteiger partial charge in [-0.3, -0.25) is 9.36 Å². The number of benzene rings is 1. The number of aliphatic hydroxyl groups is 1. The Morgan fingerprint density at radius 3 is 2.68 bits per heavy atom. The van der Waals surface area contributed by atoms with E-state index in [1.807, 2.05) is 22.8 Å². The van der Waals surface area contributed by atoms with Crippen molar-refractivity contribution in [1.82, 2.24) is 24.8 Å². The summed E-state index contributed by atoms with van der Waals surface area (Å²) in [6, 6.07) is 10.2. The van der Waals surface area contributed by atoms with Crippen LogP contribution in [0.15, 0.2) is 43.0 Å². The minimum Gasteiger partial charge on any atom is -0.395 e. The number of amides is 1. The molecular weight excluding hydrogens is 476 g/mol. The van der Waals surface area contributed by atoms with E-state index in [0.29, 0.717) is 23.5 Å². The Kier molecular flexibility index (Phi) is 6.76. The molecule has 196 valence electrons. The zero-order valence-corrected chi connectivity index (χ0v) is 20.6. The molecule has 37 heavy (non-hydrogen) atoms. The number of anilines is 1. The van der Waals surface area contributed by atoms with E-state index in [1.165, 1.54) is 11.9 Å². The minimum absolute atomic E-state index is 0.145. The largest absolute Gasteiger partial charge is 0.395 e. The summed E-state index contributed by atoms with van der Waals surface area (Å²) in [6.45, 7) is 0.687. The lowest BCUT2D eigenvalue weighted by molar-refractivity contribution is -0.229. The number of hydrogen-bond acceptors (Lipinski definition) is 9. The number of aliphatic hydroxyl groups excluding tert-OH is 1. The number of carbonyl (C=O) groups excluding carboxylic acids is 1. The summed E-state index contributed by atoms with van der Waals surface area (Å²) in [5.41, 5.74) is 2.44. The number of aromatic nitrogens is 4. The van der Waals surface area contributed by atoms with E-state index in [2.05, 4.69) is 37.7 Å². The third-order valence-corrected chi connectivity index (χ3v) is 7.36. The van der Waals surface area contributed by atoms with Crippen LogP contribution < -0.4 is 10.6 Å². The van der Waals surface area contributed by atoms with E-state index in [0.717, 1.165) is 38.5 Å². The average Bonchev–Trinajstić information content (AvgIpc) is 3.60. The SMILES string of the molecule is O=C(NCCO)[C@H]1O[C@@H](n2cnc3c(NCCc4ccccc4)ncnc32)[C@H]2OC3(CCCCC3)OC12. The number of rotatable bonds is 8. The van der Waals surface area contributed by atoms with E-state index < -0.39 is 30.3 Å². The first-order valence-corrected chi connectivity index (χ1v) is 13.0. The fourth-order valence-corrected chi connectivity index (χ4v) is 5.60. The van der Waals surface area contributed by atoms with Gasteiger partial charge in [0, 0.05) is 25.9 Å². The Bertz CT molecular complexity index is 1230. The van der Waals surface area contributed by atoms with Crippen LogP contribution >= 0.6 is 0 Å². The molecule has 1 saturated carbocycles. The second-order valence-corrected chi connectivity index (χ2v) is 9.81. The second-order valence-electron chi connectivity index (χ2n) is 9.81. The molecule has 1 aliphatic carbocycles. The Hall–Kier alpha value is -3.12. The predicted octanol–water partition coefficient (Wildman–Crippen LogP) is 1.93. The fraction of sp³-hybridized carbons (Fsp3) is 0.538. The van der Waals surface area contributed by atoms with Crippen LogP contribution in [0.5, 0.6) is 0 Å². The van der Waals surface area contributed by atoms with E-state index in [4.69, 9.17) is 14.2 Å². The molecule has 1 unspecified atom stereocenters. The zero-order chi connectivity index (χ0) is 25.2. The molecule has 6 rings (SSSR count). The highest BCUT2D eigenvalue weighted by Gasteiger charge is 2.60. The van der Waals surface area contributed by atoms with E-state index in [1.54, 1.807) is 6.33 Å². The van der Waals surface area contributed by atoms with Crippen molar-refractivity contribution in [3.63, 3.8) is 0 Å². The van der Waals surface area contributed by atoms with Crippen LogP contribution in [0.25, 0.3) is 11.2 Å². The van der Waals surface area contributed by atoms with Gasteiger partial charge in [0.25, 0.3) is 5.91 Å². The van der Waals surface area contributed by atoms with Crippen molar-refractivity contribution in [3.8, 4) is 0 Å². The van der Waals surface area contributed by atoms with Crippen LogP contribution in [0.2, 0.25) is 0 Å². The highest BCUT2D eigenvalue weighted by molar-refractivity contribution is 5.83. The fourth-order valence-electron chi connectivity index (χ4n) is 5.60. The van der Waals surface area contributed by atoms with Crippen LogP contribution in [-0.4, -0.2) is 74.3 Å². The van der Waals surface area contributed by atoms with Gasteiger partial charge in [0.2, 0.25) is 0 Å². The topological polar surface area (TPSA) is 133 Å². The second kappa shape index (κ2) is 10.3. The van der Waals surface area contributed by atoms with Crippen molar-refractivity contribution in [2.75, 3.05) is 25.0 Å². The van der Waals surface area contributed by atoms with Gasteiger partial charge in [-0.15, -0.1) is 0 Å². The number of ether oxygens (including phenoxy) is 3. The van der Waals surface area contributed by atoms with Crippen molar-refractivity contribution in [2.45, 2.75) is 68.9 Å². The van der Waals surface area contributed by atoms with Gasteiger partial charge in [-0.1, -0.05) is 36.8 Å². The Morgan fingerprint density at radius 1 is 1.05 bits per heavy atom. The summed E-state index contributed by atoms with van der Waals surface area (Å²) < 4.78 is 21.0. The molecular formula is C26H32N6O5. The van der Waals surface area contributed by atoms with Gasteiger partial charge in [0.15, 0.2) is 35.1 Å². The van der Waals surface area contributed by atoms with Crippen LogP contribution in [0, 0.1) is 0 Å². The highest BCUT2D eigenvalue weighted by atomic mass is 16.8. The van der Waals surface area contributed by atoms with Crippen LogP contribution in [-0.2, 0) is 25.4 Å². The molecule has 0 radical (unpaired) electrons. The molecule has 2 aliphatic heterocycles. The number of imidazole rings is 1. The maximum Gasteiger partial charge on any atom is 0.252 e. The number of hydrogen-bond donors (Lipinski definition) is 3. The van der Waals surface area contributed by atoms with Crippen molar-refractivity contribution >= 4 is 22.9 Å². The van der Waals surface area contributed by atoms with Crippen LogP contribution in [0.3, 0.4) is 0 Å². The molecule has 0 bridgehead atoms. The molecule has 3 aromatic rings. The third kappa shape index (κ3) is 4.68. The first-order valence-electron chi connectivity index (χ1n) is 13.0. The predicted molar refractivity (Wildman–Crippen MR) is 134 cm³/mol. The molecule has 3 N–H and O–H groups in total. The Labute approximate surface area is 214 Å². The maximum absolute atomic E-state index is 12.9. The number of fused-ring (bicyclic) bond motifs is 2. The summed E-state index contributed by atoms with van der Waals surface area (Å²) >= 11 is 0. The first kappa shape index (κ1) is 24.2. The van der Waals surface area contributed by atoms with Gasteiger partial charge in [-0.25, -0.2) is 15.0 Å². The molecule has 3 fully saturated rings. The molecule has 4 atom stereocenters. The average molecular weight is 509 g/mol. The summed E-state index contributed by atoms with van der Waals surface area (Å²) in [4.78, 5) is 26.4. The number of carbonyl (C=O) groups is 1. The van der Waals surface area contributed by atoms with Gasteiger partial charge < -0.3 is 30.0 Å². The zero-order valence-electron chi connectivity index (χ0n) is 20.6. The van der Waals surface area contributed by atoms with E-state index >= 15 is 0 Å². The molecule has 2 saturated heterocycles. The van der Waals surface area contributed by atoms with Crippen molar-refractivity contribution < 1.29 is 24.1 Å². The van der Waals surface area contributed by atoms with E-state index in [-0.39, 0.29) is 19.1 Å². The van der Waals surface area contributed by atoms with Crippen LogP contribution in [0.4, 0.5) is 5.82 Å².